The van der Waals surface area contributed by atoms with Crippen LogP contribution in [0.4, 0.5) is 5.69 Å². The molecule has 0 spiro atoms. The van der Waals surface area contributed by atoms with E-state index < -0.39 is 17.8 Å². The number of ether oxygens (including phenoxy) is 2. The Balaban J connectivity index is 1.20. The van der Waals surface area contributed by atoms with Crippen molar-refractivity contribution >= 4 is 34.4 Å². The van der Waals surface area contributed by atoms with Crippen LogP contribution >= 0.6 is 0 Å². The maximum Gasteiger partial charge on any atom is 0.363 e. The van der Waals surface area contributed by atoms with Crippen LogP contribution < -0.4 is 24.3 Å². The first-order chi connectivity index (χ1) is 23.0. The van der Waals surface area contributed by atoms with Gasteiger partial charge < -0.3 is 23.6 Å². The fourth-order valence-electron chi connectivity index (χ4n) is 5.68. The van der Waals surface area contributed by atoms with E-state index in [1.807, 2.05) is 35.1 Å². The highest BCUT2D eigenvalue weighted by Crippen LogP contribution is 2.42. The molecule has 1 saturated heterocycles. The molecule has 0 saturated carbocycles. The van der Waals surface area contributed by atoms with Crippen molar-refractivity contribution in [2.75, 3.05) is 46.3 Å². The van der Waals surface area contributed by atoms with Gasteiger partial charge in [-0.1, -0.05) is 12.1 Å². The second kappa shape index (κ2) is 13.2. The van der Waals surface area contributed by atoms with Crippen molar-refractivity contribution in [3.63, 3.8) is 0 Å². The molecule has 10 nitrogen and oxygen atoms in total. The molecule has 0 N–H and O–H groups in total. The van der Waals surface area contributed by atoms with Crippen molar-refractivity contribution in [1.82, 2.24) is 9.64 Å². The Hall–Kier alpha value is -5.64. The summed E-state index contributed by atoms with van der Waals surface area (Å²) in [7, 11) is 8.05. The molecule has 2 amide bonds. The van der Waals surface area contributed by atoms with Crippen molar-refractivity contribution in [2.24, 2.45) is 0 Å². The SMILES string of the molecule is Cc1cc(C(=O)ON2C(=O)CCC2=O)ccc1OCCOc1cc(-c2c3ccc(=[N+](C)C)cc-3oc3cc(N(C)C)ccc23)ccc1C. The van der Waals surface area contributed by atoms with E-state index in [9.17, 15) is 14.4 Å². The fourth-order valence-corrected chi connectivity index (χ4v) is 5.68. The monoisotopic (exact) mass is 648 g/mol. The van der Waals surface area contributed by atoms with E-state index in [2.05, 4.69) is 64.1 Å². The summed E-state index contributed by atoms with van der Waals surface area (Å²) in [6.45, 7) is 4.36. The van der Waals surface area contributed by atoms with E-state index in [1.165, 1.54) is 6.07 Å². The molecule has 3 aliphatic rings. The van der Waals surface area contributed by atoms with Gasteiger partial charge in [-0.3, -0.25) is 9.59 Å². The number of rotatable bonds is 9. The van der Waals surface area contributed by atoms with Gasteiger partial charge in [0.15, 0.2) is 0 Å². The Labute approximate surface area is 278 Å². The quantitative estimate of drug-likeness (QED) is 0.0882. The number of benzene rings is 4. The molecule has 0 bridgehead atoms. The minimum atomic E-state index is -0.782. The van der Waals surface area contributed by atoms with Gasteiger partial charge in [0.05, 0.1) is 11.6 Å². The van der Waals surface area contributed by atoms with Crippen LogP contribution in [0.1, 0.15) is 34.3 Å². The molecule has 3 aromatic rings. The first kappa shape index (κ1) is 32.3. The van der Waals surface area contributed by atoms with E-state index in [0.29, 0.717) is 16.4 Å². The number of hydrogen-bond donors (Lipinski definition) is 0. The molecule has 0 radical (unpaired) electrons. The molecule has 1 fully saturated rings. The molecule has 2 aliphatic heterocycles. The fraction of sp³-hybridized carbons (Fsp3) is 0.263. The molecule has 246 valence electrons. The maximum atomic E-state index is 12.5. The predicted octanol–water partition coefficient (Wildman–Crippen LogP) is 5.60. The van der Waals surface area contributed by atoms with Crippen molar-refractivity contribution in [3.05, 3.63) is 94.8 Å². The van der Waals surface area contributed by atoms with Gasteiger partial charge in [-0.2, -0.15) is 0 Å². The van der Waals surface area contributed by atoms with E-state index in [1.54, 1.807) is 19.1 Å². The maximum absolute atomic E-state index is 12.5. The normalized spacial score (nSPS) is 12.9. The lowest BCUT2D eigenvalue weighted by Gasteiger charge is -2.19. The first-order valence-electron chi connectivity index (χ1n) is 15.7. The van der Waals surface area contributed by atoms with Crippen LogP contribution in [-0.2, 0) is 14.4 Å². The van der Waals surface area contributed by atoms with Gasteiger partial charge in [0.2, 0.25) is 5.36 Å². The standard InChI is InChI=1S/C38H38N3O7/c1-23-7-8-25(37-29-12-10-27(39(3)4)21-33(29)47-34-22-28(40(5)6)11-13-30(34)37)20-32(23)46-18-17-45-31-14-9-26(19-24(31)2)38(44)48-41-35(42)15-16-36(41)43/h7-14,19-22H,15-18H2,1-6H3/q+1. The number of hydroxylamine groups is 2. The average molecular weight is 649 g/mol. The van der Waals surface area contributed by atoms with Crippen LogP contribution in [-0.4, -0.2) is 64.3 Å². The summed E-state index contributed by atoms with van der Waals surface area (Å²) in [5, 5.41) is 2.59. The zero-order valence-corrected chi connectivity index (χ0v) is 28.0. The summed E-state index contributed by atoms with van der Waals surface area (Å²) >= 11 is 0. The minimum Gasteiger partial charge on any atom is -0.490 e. The molecule has 10 heteroatoms. The molecule has 1 aliphatic carbocycles. The first-order valence-corrected chi connectivity index (χ1v) is 15.7. The smallest absolute Gasteiger partial charge is 0.363 e. The Morgan fingerprint density at radius 3 is 2.25 bits per heavy atom. The van der Waals surface area contributed by atoms with Crippen molar-refractivity contribution in [1.29, 1.82) is 0 Å². The molecule has 0 aromatic heterocycles. The number of amides is 2. The van der Waals surface area contributed by atoms with E-state index in [4.69, 9.17) is 18.7 Å². The Bertz CT molecular complexity index is 2090. The van der Waals surface area contributed by atoms with Crippen molar-refractivity contribution in [3.8, 4) is 33.9 Å². The number of carbonyl (C=O) groups excluding carboxylic acids is 3. The number of imide groups is 1. The lowest BCUT2D eigenvalue weighted by atomic mass is 9.93. The minimum absolute atomic E-state index is 0.0374. The summed E-state index contributed by atoms with van der Waals surface area (Å²) in [5.74, 6) is 0.287. The molecule has 0 unspecified atom stereocenters. The number of hydrogen-bond acceptors (Lipinski definition) is 8. The Morgan fingerprint density at radius 1 is 0.833 bits per heavy atom. The summed E-state index contributed by atoms with van der Waals surface area (Å²) in [6.07, 6.45) is 0.0749. The second-order valence-corrected chi connectivity index (χ2v) is 12.2. The van der Waals surface area contributed by atoms with Gasteiger partial charge >= 0.3 is 5.97 Å². The van der Waals surface area contributed by atoms with Gasteiger partial charge in [-0.25, -0.2) is 9.37 Å². The van der Waals surface area contributed by atoms with Crippen LogP contribution in [0.15, 0.2) is 77.2 Å². The highest BCUT2D eigenvalue weighted by atomic mass is 16.7. The van der Waals surface area contributed by atoms with Crippen LogP contribution in [0.2, 0.25) is 0 Å². The highest BCUT2D eigenvalue weighted by molar-refractivity contribution is 6.03. The number of aryl methyl sites for hydroxylation is 2. The largest absolute Gasteiger partial charge is 0.490 e. The number of nitrogens with zero attached hydrogens (tertiary/aromatic N) is 3. The van der Waals surface area contributed by atoms with Gasteiger partial charge in [0.25, 0.3) is 11.8 Å². The number of anilines is 1. The second-order valence-electron chi connectivity index (χ2n) is 12.2. The summed E-state index contributed by atoms with van der Waals surface area (Å²) in [5.41, 5.74) is 6.82. The van der Waals surface area contributed by atoms with Crippen molar-refractivity contribution < 1.29 is 33.1 Å². The molecule has 3 aromatic carbocycles. The summed E-state index contributed by atoms with van der Waals surface area (Å²) in [4.78, 5) is 43.2. The molecule has 48 heavy (non-hydrogen) atoms. The molecular weight excluding hydrogens is 610 g/mol. The third kappa shape index (κ3) is 6.46. The van der Waals surface area contributed by atoms with Gasteiger partial charge in [-0.15, -0.1) is 5.06 Å². The topological polar surface area (TPSA) is 102 Å². The molecule has 6 rings (SSSR count). The predicted molar refractivity (Wildman–Crippen MR) is 183 cm³/mol. The Kier molecular flexibility index (Phi) is 8.90. The van der Waals surface area contributed by atoms with Crippen LogP contribution in [0.25, 0.3) is 33.4 Å². The number of fused-ring (bicyclic) bond motifs is 2. The van der Waals surface area contributed by atoms with E-state index in [-0.39, 0.29) is 31.6 Å². The zero-order chi connectivity index (χ0) is 34.1. The highest BCUT2D eigenvalue weighted by Gasteiger charge is 2.33. The van der Waals surface area contributed by atoms with Gasteiger partial charge in [0.1, 0.15) is 50.2 Å². The van der Waals surface area contributed by atoms with E-state index in [0.717, 1.165) is 55.8 Å². The zero-order valence-electron chi connectivity index (χ0n) is 28.0. The van der Waals surface area contributed by atoms with E-state index >= 15 is 0 Å². The van der Waals surface area contributed by atoms with Crippen LogP contribution in [0, 0.1) is 13.8 Å². The van der Waals surface area contributed by atoms with Crippen LogP contribution in [0.5, 0.6) is 11.5 Å². The lowest BCUT2D eigenvalue weighted by Crippen LogP contribution is -2.32. The Morgan fingerprint density at radius 2 is 1.56 bits per heavy atom. The third-order valence-electron chi connectivity index (χ3n) is 8.39. The number of carbonyl (C=O) groups is 3. The van der Waals surface area contributed by atoms with Crippen molar-refractivity contribution in [2.45, 2.75) is 26.7 Å². The lowest BCUT2D eigenvalue weighted by molar-refractivity contribution is -0.172. The third-order valence-corrected chi connectivity index (χ3v) is 8.39. The average Bonchev–Trinajstić information content (AvgIpc) is 3.38. The molecular formula is C38H38N3O7+. The van der Waals surface area contributed by atoms with Crippen LogP contribution in [0.3, 0.4) is 0 Å². The van der Waals surface area contributed by atoms with Gasteiger partial charge in [0, 0.05) is 61.3 Å². The molecule has 2 heterocycles. The summed E-state index contributed by atoms with van der Waals surface area (Å²) < 4.78 is 20.7. The van der Waals surface area contributed by atoms with Gasteiger partial charge in [-0.05, 0) is 73.0 Å². The molecule has 0 atom stereocenters. The summed E-state index contributed by atoms with van der Waals surface area (Å²) in [6, 6.07) is 23.6.